The molecule has 0 aliphatic heterocycles. The highest BCUT2D eigenvalue weighted by Crippen LogP contribution is 2.71. The molecule has 0 saturated heterocycles. The fraction of sp³-hybridized carbons (Fsp3) is 0.368. The lowest BCUT2D eigenvalue weighted by molar-refractivity contribution is -0.0399. The van der Waals surface area contributed by atoms with E-state index in [0.717, 1.165) is 47.3 Å². The normalized spacial score (nSPS) is 33.6. The summed E-state index contributed by atoms with van der Waals surface area (Å²) in [6.07, 6.45) is 15.6. The highest BCUT2D eigenvalue weighted by molar-refractivity contribution is 5.90. The number of benzene rings is 6. The smallest absolute Gasteiger partial charge is 0.0467 e. The largest absolute Gasteiger partial charge is 0.310 e. The van der Waals surface area contributed by atoms with E-state index in [1.54, 1.807) is 22.3 Å². The summed E-state index contributed by atoms with van der Waals surface area (Å²) in [6.45, 7) is 0. The van der Waals surface area contributed by atoms with Gasteiger partial charge in [-0.3, -0.25) is 0 Å². The first kappa shape index (κ1) is 33.0. The summed E-state index contributed by atoms with van der Waals surface area (Å²) in [7, 11) is 0. The van der Waals surface area contributed by atoms with Crippen LogP contribution < -0.4 is 4.90 Å². The van der Waals surface area contributed by atoms with Crippen LogP contribution >= 0.6 is 0 Å². The van der Waals surface area contributed by atoms with Crippen LogP contribution in [0, 0.1) is 47.3 Å². The molecule has 1 heteroatoms. The Bertz CT molecular complexity index is 2610. The van der Waals surface area contributed by atoms with Crippen LogP contribution in [0.15, 0.2) is 140 Å². The monoisotopic (exact) mass is 751 g/mol. The van der Waals surface area contributed by atoms with Gasteiger partial charge in [0.25, 0.3) is 0 Å². The third-order valence-electron chi connectivity index (χ3n) is 18.1. The quantitative estimate of drug-likeness (QED) is 0.173. The Morgan fingerprint density at radius 3 is 1.41 bits per heavy atom. The second-order valence-electron chi connectivity index (χ2n) is 20.5. The molecule has 58 heavy (non-hydrogen) atoms. The van der Waals surface area contributed by atoms with Gasteiger partial charge in [0.05, 0.1) is 0 Å². The summed E-state index contributed by atoms with van der Waals surface area (Å²) in [5, 5.41) is 0. The molecule has 16 rings (SSSR count). The zero-order chi connectivity index (χ0) is 37.7. The minimum absolute atomic E-state index is 0.120. The van der Waals surface area contributed by atoms with Crippen LogP contribution in [0.5, 0.6) is 0 Å². The lowest BCUT2D eigenvalue weighted by Crippen LogP contribution is -2.55. The highest BCUT2D eigenvalue weighted by Gasteiger charge is 2.62. The van der Waals surface area contributed by atoms with Crippen LogP contribution in [0.3, 0.4) is 0 Å². The molecule has 0 radical (unpaired) electrons. The third-order valence-corrected chi connectivity index (χ3v) is 18.1. The van der Waals surface area contributed by atoms with Gasteiger partial charge in [0.2, 0.25) is 0 Å². The van der Waals surface area contributed by atoms with Gasteiger partial charge in [-0.2, -0.15) is 0 Å². The van der Waals surface area contributed by atoms with E-state index in [1.165, 1.54) is 121 Å². The van der Waals surface area contributed by atoms with Crippen molar-refractivity contribution < 1.29 is 0 Å². The second kappa shape index (κ2) is 11.9. The third kappa shape index (κ3) is 4.24. The molecule has 1 nitrogen and oxygen atoms in total. The average molecular weight is 752 g/mol. The Kier molecular flexibility index (Phi) is 6.75. The van der Waals surface area contributed by atoms with Crippen molar-refractivity contribution in [3.8, 4) is 33.4 Å². The van der Waals surface area contributed by atoms with E-state index in [0.29, 0.717) is 0 Å². The van der Waals surface area contributed by atoms with E-state index in [1.807, 2.05) is 0 Å². The number of rotatable bonds is 4. The summed E-state index contributed by atoms with van der Waals surface area (Å²) in [5.41, 5.74) is 19.3. The number of nitrogens with zero attached hydrogens (tertiary/aromatic N) is 1. The first-order valence-corrected chi connectivity index (χ1v) is 23.1. The molecule has 8 bridgehead atoms. The van der Waals surface area contributed by atoms with E-state index in [9.17, 15) is 0 Å². The average Bonchev–Trinajstić information content (AvgIpc) is 3.61. The molecule has 0 heterocycles. The predicted molar refractivity (Wildman–Crippen MR) is 238 cm³/mol. The fourth-order valence-electron chi connectivity index (χ4n) is 16.6. The van der Waals surface area contributed by atoms with Crippen molar-refractivity contribution in [2.24, 2.45) is 47.3 Å². The summed E-state index contributed by atoms with van der Waals surface area (Å²) in [5.74, 6) is 6.66. The predicted octanol–water partition coefficient (Wildman–Crippen LogP) is 14.7. The lowest BCUT2D eigenvalue weighted by Gasteiger charge is -2.61. The van der Waals surface area contributed by atoms with Crippen molar-refractivity contribution in [2.45, 2.75) is 81.5 Å². The van der Waals surface area contributed by atoms with Crippen molar-refractivity contribution in [3.63, 3.8) is 0 Å². The number of fused-ring (bicyclic) bond motifs is 7. The van der Waals surface area contributed by atoms with E-state index >= 15 is 0 Å². The van der Waals surface area contributed by atoms with E-state index in [4.69, 9.17) is 0 Å². The van der Waals surface area contributed by atoms with Crippen LogP contribution in [0.2, 0.25) is 0 Å². The molecule has 6 aromatic carbocycles. The molecule has 0 N–H and O–H groups in total. The van der Waals surface area contributed by atoms with Crippen LogP contribution in [-0.2, 0) is 10.8 Å². The zero-order valence-corrected chi connectivity index (χ0v) is 33.6. The van der Waals surface area contributed by atoms with Gasteiger partial charge < -0.3 is 4.90 Å². The van der Waals surface area contributed by atoms with Gasteiger partial charge in [-0.1, -0.05) is 110 Å². The van der Waals surface area contributed by atoms with Crippen molar-refractivity contribution in [1.29, 1.82) is 0 Å². The van der Waals surface area contributed by atoms with Gasteiger partial charge in [-0.25, -0.2) is 0 Å². The Morgan fingerprint density at radius 1 is 0.328 bits per heavy atom. The van der Waals surface area contributed by atoms with E-state index in [-0.39, 0.29) is 10.8 Å². The van der Waals surface area contributed by atoms with Crippen molar-refractivity contribution in [3.05, 3.63) is 162 Å². The minimum Gasteiger partial charge on any atom is -0.310 e. The first-order chi connectivity index (χ1) is 28.7. The maximum Gasteiger partial charge on any atom is 0.0467 e. The standard InChI is InChI=1S/C57H53N/c1-2-9-39(10-3-1)40-11-8-12-45(32-40)58(47-20-22-51-49-14-5-7-16-53(49)57(55(51)34-47)43-28-37-24-38(30-43)31-44(57)29-37)46-19-21-50-48-13-4-6-15-52(48)56(54(50)33-46)41-18-17-35-23-36(26-41)27-42(56)25-35/h1-16,19-22,32-38,41-44H,17-18,23-31H2. The SMILES string of the molecule is c1ccc(-c2cccc(N(c3ccc4c(c3)C3(c5ccccc5-4)C4CCC5CC(C4)CC3C5)c3ccc4c(c3)C3(c5ccccc5-4)C4CC5CC(C4)CC3C5)c2)cc1. The van der Waals surface area contributed by atoms with E-state index in [2.05, 4.69) is 144 Å². The highest BCUT2D eigenvalue weighted by atomic mass is 15.1. The van der Waals surface area contributed by atoms with Crippen LogP contribution in [0.25, 0.3) is 33.4 Å². The van der Waals surface area contributed by atoms with Crippen LogP contribution in [0.4, 0.5) is 17.1 Å². The topological polar surface area (TPSA) is 3.24 Å². The Labute approximate surface area is 344 Å². The Balaban J connectivity index is 0.992. The Morgan fingerprint density at radius 2 is 0.793 bits per heavy atom. The molecule has 5 unspecified atom stereocenters. The Hall–Kier alpha value is -4.88. The van der Waals surface area contributed by atoms with Gasteiger partial charge in [-0.15, -0.1) is 0 Å². The number of hydrogen-bond acceptors (Lipinski definition) is 1. The summed E-state index contributed by atoms with van der Waals surface area (Å²) < 4.78 is 0. The van der Waals surface area contributed by atoms with Gasteiger partial charge >= 0.3 is 0 Å². The van der Waals surface area contributed by atoms with Crippen molar-refractivity contribution in [2.75, 3.05) is 4.90 Å². The van der Waals surface area contributed by atoms with Crippen molar-refractivity contribution in [1.82, 2.24) is 0 Å². The second-order valence-corrected chi connectivity index (χ2v) is 20.5. The molecule has 0 amide bonds. The van der Waals surface area contributed by atoms with Gasteiger partial charge in [0, 0.05) is 27.9 Å². The number of hydrogen-bond donors (Lipinski definition) is 0. The molecular weight excluding hydrogens is 699 g/mol. The molecule has 2 spiro atoms. The van der Waals surface area contributed by atoms with Crippen molar-refractivity contribution >= 4 is 17.1 Å². The number of anilines is 3. The molecule has 10 aliphatic rings. The van der Waals surface area contributed by atoms with Gasteiger partial charge in [-0.05, 0) is 204 Å². The molecule has 5 atom stereocenters. The molecule has 10 aliphatic carbocycles. The fourth-order valence-corrected chi connectivity index (χ4v) is 16.6. The molecule has 8 fully saturated rings. The zero-order valence-electron chi connectivity index (χ0n) is 33.6. The minimum atomic E-state index is 0.120. The van der Waals surface area contributed by atoms with Gasteiger partial charge in [0.1, 0.15) is 0 Å². The molecule has 6 aromatic rings. The van der Waals surface area contributed by atoms with Gasteiger partial charge in [0.15, 0.2) is 0 Å². The maximum atomic E-state index is 2.72. The van der Waals surface area contributed by atoms with E-state index < -0.39 is 0 Å². The van der Waals surface area contributed by atoms with Crippen LogP contribution in [-0.4, -0.2) is 0 Å². The molecule has 8 saturated carbocycles. The molecular formula is C57H53N. The lowest BCUT2D eigenvalue weighted by atomic mass is 9.43. The maximum absolute atomic E-state index is 2.72. The summed E-state index contributed by atoms with van der Waals surface area (Å²) in [6, 6.07) is 55.1. The molecule has 286 valence electrons. The van der Waals surface area contributed by atoms with Crippen LogP contribution in [0.1, 0.15) is 92.9 Å². The molecule has 0 aromatic heterocycles. The summed E-state index contributed by atoms with van der Waals surface area (Å²) in [4.78, 5) is 2.67. The first-order valence-electron chi connectivity index (χ1n) is 23.1. The summed E-state index contributed by atoms with van der Waals surface area (Å²) >= 11 is 0.